The van der Waals surface area contributed by atoms with Crippen LogP contribution in [0.1, 0.15) is 26.3 Å². The van der Waals surface area contributed by atoms with Crippen molar-refractivity contribution in [1.29, 1.82) is 0 Å². The number of piperazine rings is 1. The lowest BCUT2D eigenvalue weighted by molar-refractivity contribution is -0.143. The minimum absolute atomic E-state index is 0.0121. The number of likely N-dealkylation sites (tertiary alicyclic amines) is 1. The number of carbonyl (C=O) groups is 3. The Hall–Kier alpha value is -4.35. The average Bonchev–Trinajstić information content (AvgIpc) is 3.39. The van der Waals surface area contributed by atoms with Crippen LogP contribution in [-0.2, 0) is 16.1 Å². The molecular weight excluding hydrogens is 541 g/mol. The van der Waals surface area contributed by atoms with Crippen LogP contribution in [0.5, 0.6) is 5.88 Å². The summed E-state index contributed by atoms with van der Waals surface area (Å²) in [5.41, 5.74) is 1.38. The molecule has 11 heteroatoms. The van der Waals surface area contributed by atoms with Crippen LogP contribution in [-0.4, -0.2) is 102 Å². The molecule has 0 radical (unpaired) electrons. The number of pyridine rings is 1. The number of fused-ring (bicyclic) bond motifs is 3. The number of nitrogens with zero attached hydrogens (tertiary/aromatic N) is 4. The van der Waals surface area contributed by atoms with Crippen LogP contribution in [0, 0.1) is 5.82 Å². The molecule has 218 valence electrons. The predicted molar refractivity (Wildman–Crippen MR) is 150 cm³/mol. The summed E-state index contributed by atoms with van der Waals surface area (Å²) in [6.07, 6.45) is 1.12. The van der Waals surface area contributed by atoms with E-state index in [9.17, 15) is 18.8 Å². The van der Waals surface area contributed by atoms with E-state index in [1.807, 2.05) is 30.3 Å². The van der Waals surface area contributed by atoms with Crippen molar-refractivity contribution >= 4 is 17.7 Å². The highest BCUT2D eigenvalue weighted by Crippen LogP contribution is 2.23. The largest absolute Gasteiger partial charge is 0.475 e. The molecule has 4 heterocycles. The first-order valence-electron chi connectivity index (χ1n) is 14.1. The number of ether oxygens (including phenoxy) is 2. The standard InChI is InChI=1S/C31H32FN5O5/c32-25-11-5-4-9-23(25)31(40)36-13-14-37-22(16-36)19-42-30-24(10-6-12-33-30)29(39)34-26-17-35(15-21-7-2-1-3-8-21)18-27(26)41-20-28(37)38/h1-12,22,26-27H,13-20H2,(H,34,39)/t22-,26+,27-/m0/s1. The maximum atomic E-state index is 14.4. The van der Waals surface area contributed by atoms with E-state index in [0.29, 0.717) is 19.6 Å². The van der Waals surface area contributed by atoms with Gasteiger partial charge in [0.2, 0.25) is 11.8 Å². The van der Waals surface area contributed by atoms with E-state index in [0.717, 1.165) is 5.56 Å². The van der Waals surface area contributed by atoms with Crippen molar-refractivity contribution in [2.75, 3.05) is 45.9 Å². The fourth-order valence-corrected chi connectivity index (χ4v) is 5.81. The summed E-state index contributed by atoms with van der Waals surface area (Å²) in [7, 11) is 0. The molecule has 0 aliphatic carbocycles. The minimum atomic E-state index is -0.600. The number of amides is 3. The number of benzene rings is 2. The maximum absolute atomic E-state index is 14.4. The summed E-state index contributed by atoms with van der Waals surface area (Å²) in [4.78, 5) is 49.7. The van der Waals surface area contributed by atoms with Crippen molar-refractivity contribution in [1.82, 2.24) is 25.0 Å². The highest BCUT2D eigenvalue weighted by molar-refractivity contribution is 5.96. The van der Waals surface area contributed by atoms with E-state index in [2.05, 4.69) is 15.2 Å². The van der Waals surface area contributed by atoms with E-state index in [1.165, 1.54) is 29.3 Å². The lowest BCUT2D eigenvalue weighted by Crippen LogP contribution is -2.59. The molecule has 6 rings (SSSR count). The third-order valence-corrected chi connectivity index (χ3v) is 7.95. The number of carbonyl (C=O) groups excluding carboxylic acids is 3. The molecule has 3 aromatic rings. The Balaban J connectivity index is 1.24. The molecule has 42 heavy (non-hydrogen) atoms. The molecule has 0 unspecified atom stereocenters. The number of halogens is 1. The van der Waals surface area contributed by atoms with Gasteiger partial charge in [0.25, 0.3) is 11.8 Å². The third kappa shape index (κ3) is 5.97. The van der Waals surface area contributed by atoms with Gasteiger partial charge in [0, 0.05) is 45.5 Å². The minimum Gasteiger partial charge on any atom is -0.475 e. The lowest BCUT2D eigenvalue weighted by atomic mass is 10.1. The van der Waals surface area contributed by atoms with E-state index in [4.69, 9.17) is 9.47 Å². The fraction of sp³-hybridized carbons (Fsp3) is 0.355. The van der Waals surface area contributed by atoms with Gasteiger partial charge in [-0.15, -0.1) is 0 Å². The molecule has 10 nitrogen and oxygen atoms in total. The topological polar surface area (TPSA) is 104 Å². The number of hydrogen-bond acceptors (Lipinski definition) is 7. The summed E-state index contributed by atoms with van der Waals surface area (Å²) in [6, 6.07) is 18.3. The van der Waals surface area contributed by atoms with E-state index in [1.54, 1.807) is 23.1 Å². The summed E-state index contributed by atoms with van der Waals surface area (Å²) < 4.78 is 26.6. The second kappa shape index (κ2) is 12.3. The molecule has 1 N–H and O–H groups in total. The lowest BCUT2D eigenvalue weighted by Gasteiger charge is -2.41. The second-order valence-electron chi connectivity index (χ2n) is 10.7. The van der Waals surface area contributed by atoms with Crippen LogP contribution in [0.3, 0.4) is 0 Å². The second-order valence-corrected chi connectivity index (χ2v) is 10.7. The molecule has 3 aliphatic heterocycles. The smallest absolute Gasteiger partial charge is 0.257 e. The van der Waals surface area contributed by atoms with Gasteiger partial charge in [-0.25, -0.2) is 9.37 Å². The number of nitrogens with one attached hydrogen (secondary N) is 1. The van der Waals surface area contributed by atoms with Gasteiger partial charge in [-0.2, -0.15) is 0 Å². The Labute approximate surface area is 243 Å². The molecule has 2 fully saturated rings. The van der Waals surface area contributed by atoms with Gasteiger partial charge in [0.15, 0.2) is 0 Å². The van der Waals surface area contributed by atoms with Gasteiger partial charge in [-0.1, -0.05) is 42.5 Å². The first-order valence-corrected chi connectivity index (χ1v) is 14.1. The van der Waals surface area contributed by atoms with Crippen LogP contribution in [0.25, 0.3) is 0 Å². The van der Waals surface area contributed by atoms with Gasteiger partial charge in [0.1, 0.15) is 24.6 Å². The van der Waals surface area contributed by atoms with Gasteiger partial charge < -0.3 is 24.6 Å². The summed E-state index contributed by atoms with van der Waals surface area (Å²) in [5, 5.41) is 3.07. The summed E-state index contributed by atoms with van der Waals surface area (Å²) >= 11 is 0. The van der Waals surface area contributed by atoms with Crippen molar-refractivity contribution in [2.24, 2.45) is 0 Å². The molecule has 0 spiro atoms. The van der Waals surface area contributed by atoms with Crippen LogP contribution < -0.4 is 10.1 Å². The van der Waals surface area contributed by atoms with Gasteiger partial charge in [-0.3, -0.25) is 19.3 Å². The van der Waals surface area contributed by atoms with E-state index >= 15 is 0 Å². The van der Waals surface area contributed by atoms with Crippen LogP contribution in [0.15, 0.2) is 72.9 Å². The average molecular weight is 574 g/mol. The van der Waals surface area contributed by atoms with Crippen molar-refractivity contribution in [3.05, 3.63) is 95.4 Å². The van der Waals surface area contributed by atoms with Crippen molar-refractivity contribution in [3.63, 3.8) is 0 Å². The Kier molecular flexibility index (Phi) is 8.11. The zero-order valence-electron chi connectivity index (χ0n) is 23.0. The molecular formula is C31H32FN5O5. The first-order chi connectivity index (χ1) is 20.5. The zero-order chi connectivity index (χ0) is 29.1. The summed E-state index contributed by atoms with van der Waals surface area (Å²) in [5.74, 6) is -1.51. The fourth-order valence-electron chi connectivity index (χ4n) is 5.81. The first kappa shape index (κ1) is 27.8. The van der Waals surface area contributed by atoms with Crippen molar-refractivity contribution < 1.29 is 28.2 Å². The zero-order valence-corrected chi connectivity index (χ0v) is 23.0. The molecule has 3 atom stereocenters. The van der Waals surface area contributed by atoms with Gasteiger partial charge >= 0.3 is 0 Å². The van der Waals surface area contributed by atoms with Gasteiger partial charge in [-0.05, 0) is 29.8 Å². The third-order valence-electron chi connectivity index (χ3n) is 7.95. The molecule has 0 saturated carbocycles. The molecule has 3 amide bonds. The van der Waals surface area contributed by atoms with E-state index < -0.39 is 23.9 Å². The predicted octanol–water partition coefficient (Wildman–Crippen LogP) is 1.97. The van der Waals surface area contributed by atoms with Crippen molar-refractivity contribution in [3.8, 4) is 5.88 Å². The van der Waals surface area contributed by atoms with E-state index in [-0.39, 0.29) is 67.7 Å². The maximum Gasteiger partial charge on any atom is 0.257 e. The summed E-state index contributed by atoms with van der Waals surface area (Å²) in [6.45, 7) is 2.18. The molecule has 3 aliphatic rings. The quantitative estimate of drug-likeness (QED) is 0.511. The van der Waals surface area contributed by atoms with Crippen LogP contribution in [0.4, 0.5) is 4.39 Å². The molecule has 2 saturated heterocycles. The number of hydrogen-bond donors (Lipinski definition) is 1. The molecule has 0 bridgehead atoms. The Morgan fingerprint density at radius 1 is 0.976 bits per heavy atom. The molecule has 2 aromatic carbocycles. The highest BCUT2D eigenvalue weighted by atomic mass is 19.1. The van der Waals surface area contributed by atoms with Gasteiger partial charge in [0.05, 0.1) is 23.8 Å². The Morgan fingerprint density at radius 3 is 2.62 bits per heavy atom. The highest BCUT2D eigenvalue weighted by Gasteiger charge is 2.39. The number of rotatable bonds is 3. The number of aromatic nitrogens is 1. The Morgan fingerprint density at radius 2 is 1.79 bits per heavy atom. The SMILES string of the molecule is O=C1N[C@@H]2CN(Cc3ccccc3)C[C@@H]2OCC(=O)N2CCN(C(=O)c3ccccc3F)C[C@H]2COc2ncccc21. The Bertz CT molecular complexity index is 1460. The van der Waals surface area contributed by atoms with Crippen LogP contribution >= 0.6 is 0 Å². The molecule has 1 aromatic heterocycles. The van der Waals surface area contributed by atoms with Crippen molar-refractivity contribution in [2.45, 2.75) is 24.7 Å². The van der Waals surface area contributed by atoms with Crippen LogP contribution in [0.2, 0.25) is 0 Å². The normalized spacial score (nSPS) is 23.3. The monoisotopic (exact) mass is 573 g/mol.